The summed E-state index contributed by atoms with van der Waals surface area (Å²) in [6, 6.07) is 21.7. The molecule has 2 fully saturated rings. The van der Waals surface area contributed by atoms with Crippen LogP contribution in [-0.4, -0.2) is 11.2 Å². The molecule has 0 saturated heterocycles. The first kappa shape index (κ1) is 15.6. The van der Waals surface area contributed by atoms with Gasteiger partial charge in [-0.1, -0.05) is 67.1 Å². The SMILES string of the molecule is S=C(NC(c1ccccc1)c1ccccc1)N[C@H]1C[C@H]2CC[C@H]1C2. The Balaban J connectivity index is 1.48. The summed E-state index contributed by atoms with van der Waals surface area (Å²) < 4.78 is 0. The molecule has 124 valence electrons. The molecule has 2 aliphatic carbocycles. The summed E-state index contributed by atoms with van der Waals surface area (Å²) >= 11 is 5.66. The summed E-state index contributed by atoms with van der Waals surface area (Å²) in [6.45, 7) is 0. The number of hydrogen-bond donors (Lipinski definition) is 2. The van der Waals surface area contributed by atoms with Gasteiger partial charge in [-0.25, -0.2) is 0 Å². The minimum atomic E-state index is 0.0889. The molecule has 2 N–H and O–H groups in total. The fraction of sp³-hybridized carbons (Fsp3) is 0.381. The summed E-state index contributed by atoms with van der Waals surface area (Å²) in [5.74, 6) is 1.75. The lowest BCUT2D eigenvalue weighted by atomic mass is 9.95. The lowest BCUT2D eigenvalue weighted by Gasteiger charge is -2.27. The average molecular weight is 337 g/mol. The smallest absolute Gasteiger partial charge is 0.167 e. The van der Waals surface area contributed by atoms with Gasteiger partial charge in [-0.3, -0.25) is 0 Å². The molecule has 0 heterocycles. The fourth-order valence-electron chi connectivity index (χ4n) is 4.41. The second-order valence-electron chi connectivity index (χ2n) is 7.15. The van der Waals surface area contributed by atoms with Crippen LogP contribution in [0.5, 0.6) is 0 Å². The second-order valence-corrected chi connectivity index (χ2v) is 7.56. The predicted octanol–water partition coefficient (Wildman–Crippen LogP) is 4.43. The van der Waals surface area contributed by atoms with Crippen LogP contribution in [0, 0.1) is 11.8 Å². The minimum absolute atomic E-state index is 0.0889. The maximum atomic E-state index is 5.66. The Morgan fingerprint density at radius 3 is 2.00 bits per heavy atom. The maximum absolute atomic E-state index is 5.66. The molecule has 24 heavy (non-hydrogen) atoms. The Morgan fingerprint density at radius 2 is 1.50 bits per heavy atom. The molecule has 3 atom stereocenters. The molecule has 2 aliphatic rings. The Labute approximate surface area is 149 Å². The molecule has 0 radical (unpaired) electrons. The molecular formula is C21H24N2S. The third kappa shape index (κ3) is 3.32. The highest BCUT2D eigenvalue weighted by atomic mass is 32.1. The monoisotopic (exact) mass is 336 g/mol. The lowest BCUT2D eigenvalue weighted by Crippen LogP contribution is -2.45. The standard InChI is InChI=1S/C21H24N2S/c24-21(22-19-14-15-11-12-18(19)13-15)23-20(16-7-3-1-4-8-16)17-9-5-2-6-10-17/h1-10,15,18-20H,11-14H2,(H2,22,23,24)/t15-,18-,19-/m0/s1. The summed E-state index contributed by atoms with van der Waals surface area (Å²) in [5.41, 5.74) is 2.47. The van der Waals surface area contributed by atoms with Gasteiger partial charge in [0.1, 0.15) is 0 Å². The van der Waals surface area contributed by atoms with Crippen LogP contribution in [0.1, 0.15) is 42.9 Å². The number of nitrogens with one attached hydrogen (secondary N) is 2. The quantitative estimate of drug-likeness (QED) is 0.808. The molecular weight excluding hydrogens is 312 g/mol. The highest BCUT2D eigenvalue weighted by molar-refractivity contribution is 7.80. The zero-order valence-corrected chi connectivity index (χ0v) is 14.6. The van der Waals surface area contributed by atoms with E-state index in [9.17, 15) is 0 Å². The van der Waals surface area contributed by atoms with Crippen molar-refractivity contribution in [3.8, 4) is 0 Å². The molecule has 2 nitrogen and oxygen atoms in total. The van der Waals surface area contributed by atoms with Gasteiger partial charge in [0.2, 0.25) is 0 Å². The highest BCUT2D eigenvalue weighted by Crippen LogP contribution is 2.44. The van der Waals surface area contributed by atoms with E-state index < -0.39 is 0 Å². The van der Waals surface area contributed by atoms with Crippen molar-refractivity contribution < 1.29 is 0 Å². The molecule has 2 bridgehead atoms. The van der Waals surface area contributed by atoms with Crippen molar-refractivity contribution in [1.29, 1.82) is 0 Å². The van der Waals surface area contributed by atoms with E-state index in [1.165, 1.54) is 36.8 Å². The van der Waals surface area contributed by atoms with Gasteiger partial charge < -0.3 is 10.6 Å². The van der Waals surface area contributed by atoms with Crippen molar-refractivity contribution in [3.63, 3.8) is 0 Å². The van der Waals surface area contributed by atoms with Crippen LogP contribution in [-0.2, 0) is 0 Å². The van der Waals surface area contributed by atoms with Gasteiger partial charge in [0.25, 0.3) is 0 Å². The molecule has 0 unspecified atom stereocenters. The van der Waals surface area contributed by atoms with Gasteiger partial charge in [-0.15, -0.1) is 0 Å². The van der Waals surface area contributed by atoms with Crippen molar-refractivity contribution >= 4 is 17.3 Å². The van der Waals surface area contributed by atoms with Crippen molar-refractivity contribution in [3.05, 3.63) is 71.8 Å². The van der Waals surface area contributed by atoms with Crippen molar-refractivity contribution in [2.75, 3.05) is 0 Å². The largest absolute Gasteiger partial charge is 0.360 e. The summed E-state index contributed by atoms with van der Waals surface area (Å²) in [4.78, 5) is 0. The van der Waals surface area contributed by atoms with Crippen molar-refractivity contribution in [2.24, 2.45) is 11.8 Å². The third-order valence-electron chi connectivity index (χ3n) is 5.60. The fourth-order valence-corrected chi connectivity index (χ4v) is 4.68. The van der Waals surface area contributed by atoms with E-state index in [-0.39, 0.29) is 6.04 Å². The summed E-state index contributed by atoms with van der Waals surface area (Å²) in [7, 11) is 0. The average Bonchev–Trinajstić information content (AvgIpc) is 3.24. The topological polar surface area (TPSA) is 24.1 Å². The predicted molar refractivity (Wildman–Crippen MR) is 103 cm³/mol. The second kappa shape index (κ2) is 6.94. The van der Waals surface area contributed by atoms with Gasteiger partial charge in [0.05, 0.1) is 6.04 Å². The normalized spacial score (nSPS) is 25.0. The highest BCUT2D eigenvalue weighted by Gasteiger charge is 2.39. The molecule has 2 aromatic carbocycles. The number of thiocarbonyl (C=S) groups is 1. The van der Waals surface area contributed by atoms with Crippen molar-refractivity contribution in [2.45, 2.75) is 37.8 Å². The molecule has 0 aliphatic heterocycles. The molecule has 2 aromatic rings. The van der Waals surface area contributed by atoms with E-state index in [0.29, 0.717) is 6.04 Å². The molecule has 3 heteroatoms. The number of benzene rings is 2. The van der Waals surface area contributed by atoms with Crippen LogP contribution in [0.25, 0.3) is 0 Å². The van der Waals surface area contributed by atoms with Gasteiger partial charge >= 0.3 is 0 Å². The van der Waals surface area contributed by atoms with E-state index in [2.05, 4.69) is 71.3 Å². The number of hydrogen-bond acceptors (Lipinski definition) is 1. The first-order valence-electron chi connectivity index (χ1n) is 8.96. The molecule has 2 saturated carbocycles. The molecule has 0 amide bonds. The minimum Gasteiger partial charge on any atom is -0.360 e. The van der Waals surface area contributed by atoms with E-state index in [1.807, 2.05) is 0 Å². The zero-order valence-electron chi connectivity index (χ0n) is 13.8. The maximum Gasteiger partial charge on any atom is 0.167 e. The summed E-state index contributed by atoms with van der Waals surface area (Å²) in [6.07, 6.45) is 5.46. The van der Waals surface area contributed by atoms with Crippen LogP contribution in [0.2, 0.25) is 0 Å². The van der Waals surface area contributed by atoms with E-state index in [1.54, 1.807) is 0 Å². The van der Waals surface area contributed by atoms with Gasteiger partial charge in [-0.05, 0) is 54.4 Å². The Hall–Kier alpha value is -1.87. The van der Waals surface area contributed by atoms with E-state index >= 15 is 0 Å². The van der Waals surface area contributed by atoms with Crippen LogP contribution < -0.4 is 10.6 Å². The number of fused-ring (bicyclic) bond motifs is 2. The van der Waals surface area contributed by atoms with Crippen LogP contribution in [0.15, 0.2) is 60.7 Å². The summed E-state index contributed by atoms with van der Waals surface area (Å²) in [5, 5.41) is 7.94. The molecule has 0 aromatic heterocycles. The van der Waals surface area contributed by atoms with Crippen LogP contribution in [0.3, 0.4) is 0 Å². The zero-order chi connectivity index (χ0) is 16.4. The molecule has 0 spiro atoms. The van der Waals surface area contributed by atoms with Gasteiger partial charge in [-0.2, -0.15) is 0 Å². The molecule has 4 rings (SSSR count). The van der Waals surface area contributed by atoms with Gasteiger partial charge in [0.15, 0.2) is 5.11 Å². The Kier molecular flexibility index (Phi) is 4.52. The van der Waals surface area contributed by atoms with Crippen molar-refractivity contribution in [1.82, 2.24) is 10.6 Å². The number of rotatable bonds is 4. The lowest BCUT2D eigenvalue weighted by molar-refractivity contribution is 0.388. The Bertz CT molecular complexity index is 646. The first-order chi connectivity index (χ1) is 11.8. The van der Waals surface area contributed by atoms with Gasteiger partial charge in [0, 0.05) is 6.04 Å². The van der Waals surface area contributed by atoms with Crippen LogP contribution in [0.4, 0.5) is 0 Å². The third-order valence-corrected chi connectivity index (χ3v) is 5.83. The first-order valence-corrected chi connectivity index (χ1v) is 9.37. The van der Waals surface area contributed by atoms with E-state index in [4.69, 9.17) is 12.2 Å². The van der Waals surface area contributed by atoms with Crippen LogP contribution >= 0.6 is 12.2 Å². The Morgan fingerprint density at radius 1 is 0.875 bits per heavy atom. The van der Waals surface area contributed by atoms with E-state index in [0.717, 1.165) is 16.9 Å².